The van der Waals surface area contributed by atoms with Gasteiger partial charge in [0.05, 0.1) is 6.61 Å². The summed E-state index contributed by atoms with van der Waals surface area (Å²) in [5, 5.41) is 2.97. The largest absolute Gasteiger partial charge is 0.379 e. The highest BCUT2D eigenvalue weighted by Gasteiger charge is 2.34. The lowest BCUT2D eigenvalue weighted by atomic mass is 9.72. The van der Waals surface area contributed by atoms with Crippen LogP contribution in [0.25, 0.3) is 0 Å². The third kappa shape index (κ3) is 5.49. The highest BCUT2D eigenvalue weighted by molar-refractivity contribution is 5.79. The molecule has 0 aromatic rings. The molecule has 1 amide bonds. The molecule has 0 radical (unpaired) electrons. The first kappa shape index (κ1) is 16.4. The molecule has 0 aromatic carbocycles. The number of nitrogens with two attached hydrogens (primary N) is 1. The van der Waals surface area contributed by atoms with Crippen LogP contribution in [-0.2, 0) is 9.53 Å². The highest BCUT2D eigenvalue weighted by atomic mass is 16.5. The molecule has 0 spiro atoms. The summed E-state index contributed by atoms with van der Waals surface area (Å²) < 4.78 is 5.46. The average Bonchev–Trinajstić information content (AvgIpc) is 2.32. The van der Waals surface area contributed by atoms with Crippen LogP contribution in [0, 0.1) is 23.7 Å². The molecule has 4 atom stereocenters. The summed E-state index contributed by atoms with van der Waals surface area (Å²) in [6.07, 6.45) is 1.85. The van der Waals surface area contributed by atoms with Gasteiger partial charge in [0.1, 0.15) is 0 Å². The van der Waals surface area contributed by atoms with Gasteiger partial charge in [-0.2, -0.15) is 0 Å². The van der Waals surface area contributed by atoms with E-state index in [0.717, 1.165) is 19.4 Å². The van der Waals surface area contributed by atoms with Gasteiger partial charge in [-0.25, -0.2) is 0 Å². The molecule has 1 fully saturated rings. The maximum Gasteiger partial charge on any atom is 0.223 e. The van der Waals surface area contributed by atoms with Crippen LogP contribution in [0.5, 0.6) is 0 Å². The molecule has 0 aromatic heterocycles. The van der Waals surface area contributed by atoms with Gasteiger partial charge in [-0.05, 0) is 30.6 Å². The first-order chi connectivity index (χ1) is 8.91. The third-order valence-electron chi connectivity index (χ3n) is 4.02. The van der Waals surface area contributed by atoms with Gasteiger partial charge in [-0.15, -0.1) is 0 Å². The van der Waals surface area contributed by atoms with Gasteiger partial charge in [0.2, 0.25) is 5.91 Å². The van der Waals surface area contributed by atoms with Gasteiger partial charge in [0.15, 0.2) is 0 Å². The second kappa shape index (κ2) is 7.85. The summed E-state index contributed by atoms with van der Waals surface area (Å²) >= 11 is 0. The summed E-state index contributed by atoms with van der Waals surface area (Å²) in [6.45, 7) is 10.5. The molecule has 1 rings (SSSR count). The lowest BCUT2D eigenvalue weighted by molar-refractivity contribution is -0.128. The van der Waals surface area contributed by atoms with Crippen molar-refractivity contribution in [1.82, 2.24) is 5.32 Å². The summed E-state index contributed by atoms with van der Waals surface area (Å²) in [4.78, 5) is 12.1. The van der Waals surface area contributed by atoms with Crippen LogP contribution in [0.15, 0.2) is 0 Å². The second-order valence-electron chi connectivity index (χ2n) is 6.46. The molecule has 0 saturated heterocycles. The smallest absolute Gasteiger partial charge is 0.223 e. The Kier molecular flexibility index (Phi) is 6.80. The van der Waals surface area contributed by atoms with Crippen molar-refractivity contribution >= 4 is 5.91 Å². The lowest BCUT2D eigenvalue weighted by Gasteiger charge is -2.36. The number of carbonyl (C=O) groups excluding carboxylic acids is 1. The predicted octanol–water partition coefficient (Wildman–Crippen LogP) is 1.78. The van der Waals surface area contributed by atoms with E-state index < -0.39 is 0 Å². The second-order valence-corrected chi connectivity index (χ2v) is 6.46. The molecular weight excluding hydrogens is 240 g/mol. The molecular formula is C15H30N2O2. The van der Waals surface area contributed by atoms with Crippen molar-refractivity contribution in [3.8, 4) is 0 Å². The van der Waals surface area contributed by atoms with E-state index >= 15 is 0 Å². The number of hydrogen-bond donors (Lipinski definition) is 2. The molecule has 0 bridgehead atoms. The Morgan fingerprint density at radius 2 is 2.00 bits per heavy atom. The van der Waals surface area contributed by atoms with Crippen molar-refractivity contribution in [2.24, 2.45) is 29.4 Å². The zero-order chi connectivity index (χ0) is 14.4. The number of amides is 1. The molecule has 1 aliphatic rings. The number of rotatable bonds is 6. The molecule has 0 aliphatic heterocycles. The van der Waals surface area contributed by atoms with E-state index in [9.17, 15) is 4.79 Å². The zero-order valence-corrected chi connectivity index (χ0v) is 12.8. The quantitative estimate of drug-likeness (QED) is 0.723. The summed E-state index contributed by atoms with van der Waals surface area (Å²) in [6, 6.07) is 0.157. The Hall–Kier alpha value is -0.610. The Bertz CT molecular complexity index is 281. The van der Waals surface area contributed by atoms with Gasteiger partial charge in [0, 0.05) is 25.1 Å². The minimum Gasteiger partial charge on any atom is -0.379 e. The Morgan fingerprint density at radius 3 is 2.63 bits per heavy atom. The molecule has 1 aliphatic carbocycles. The topological polar surface area (TPSA) is 64.3 Å². The molecule has 112 valence electrons. The molecule has 0 heterocycles. The number of carbonyl (C=O) groups is 1. The van der Waals surface area contributed by atoms with E-state index in [4.69, 9.17) is 10.5 Å². The van der Waals surface area contributed by atoms with E-state index in [2.05, 4.69) is 33.0 Å². The summed E-state index contributed by atoms with van der Waals surface area (Å²) in [7, 11) is 0. The molecule has 4 heteroatoms. The van der Waals surface area contributed by atoms with Gasteiger partial charge in [0.25, 0.3) is 0 Å². The van der Waals surface area contributed by atoms with Crippen molar-refractivity contribution < 1.29 is 9.53 Å². The van der Waals surface area contributed by atoms with E-state index in [1.807, 2.05) is 0 Å². The van der Waals surface area contributed by atoms with Crippen molar-refractivity contribution in [2.75, 3.05) is 19.8 Å². The van der Waals surface area contributed by atoms with Crippen LogP contribution in [0.3, 0.4) is 0 Å². The fourth-order valence-corrected chi connectivity index (χ4v) is 2.75. The Labute approximate surface area is 117 Å². The van der Waals surface area contributed by atoms with Crippen molar-refractivity contribution in [3.05, 3.63) is 0 Å². The van der Waals surface area contributed by atoms with Gasteiger partial charge in [-0.3, -0.25) is 4.79 Å². The third-order valence-corrected chi connectivity index (χ3v) is 4.02. The normalized spacial score (nSPS) is 31.5. The fourth-order valence-electron chi connectivity index (χ4n) is 2.75. The van der Waals surface area contributed by atoms with Gasteiger partial charge in [-0.1, -0.05) is 27.7 Å². The predicted molar refractivity (Wildman–Crippen MR) is 77.7 cm³/mol. The van der Waals surface area contributed by atoms with Crippen LogP contribution >= 0.6 is 0 Å². The Morgan fingerprint density at radius 1 is 1.32 bits per heavy atom. The minimum atomic E-state index is 0.0660. The van der Waals surface area contributed by atoms with Gasteiger partial charge >= 0.3 is 0 Å². The molecule has 1 saturated carbocycles. The molecule has 19 heavy (non-hydrogen) atoms. The number of hydrogen-bond acceptors (Lipinski definition) is 3. The van der Waals surface area contributed by atoms with Crippen LogP contribution in [0.4, 0.5) is 0 Å². The standard InChI is InChI=1S/C15H30N2O2/c1-10(2)9-19-6-5-17-15(18)13-8-14(16)12(4)7-11(13)3/h10-14H,5-9,16H2,1-4H3,(H,17,18). The Balaban J connectivity index is 2.25. The van der Waals surface area contributed by atoms with Crippen LogP contribution < -0.4 is 11.1 Å². The monoisotopic (exact) mass is 270 g/mol. The SMILES string of the molecule is CC(C)COCCNC(=O)C1CC(N)C(C)CC1C. The fraction of sp³-hybridized carbons (Fsp3) is 0.933. The van der Waals surface area contributed by atoms with Crippen LogP contribution in [-0.4, -0.2) is 31.7 Å². The maximum absolute atomic E-state index is 12.1. The molecule has 3 N–H and O–H groups in total. The van der Waals surface area contributed by atoms with Crippen LogP contribution in [0.2, 0.25) is 0 Å². The number of ether oxygens (including phenoxy) is 1. The van der Waals surface area contributed by atoms with E-state index in [-0.39, 0.29) is 17.9 Å². The van der Waals surface area contributed by atoms with E-state index in [1.54, 1.807) is 0 Å². The van der Waals surface area contributed by atoms with Crippen molar-refractivity contribution in [1.29, 1.82) is 0 Å². The minimum absolute atomic E-state index is 0.0660. The van der Waals surface area contributed by atoms with Crippen LogP contribution in [0.1, 0.15) is 40.5 Å². The van der Waals surface area contributed by atoms with E-state index in [1.165, 1.54) is 0 Å². The summed E-state index contributed by atoms with van der Waals surface area (Å²) in [5.74, 6) is 1.69. The highest BCUT2D eigenvalue weighted by Crippen LogP contribution is 2.32. The van der Waals surface area contributed by atoms with Crippen molar-refractivity contribution in [3.63, 3.8) is 0 Å². The van der Waals surface area contributed by atoms with Gasteiger partial charge < -0.3 is 15.8 Å². The first-order valence-corrected chi connectivity index (χ1v) is 7.52. The van der Waals surface area contributed by atoms with E-state index in [0.29, 0.717) is 30.9 Å². The zero-order valence-electron chi connectivity index (χ0n) is 12.8. The molecule has 4 nitrogen and oxygen atoms in total. The lowest BCUT2D eigenvalue weighted by Crippen LogP contribution is -2.45. The first-order valence-electron chi connectivity index (χ1n) is 7.52. The number of nitrogens with one attached hydrogen (secondary N) is 1. The van der Waals surface area contributed by atoms with Crippen molar-refractivity contribution in [2.45, 2.75) is 46.6 Å². The molecule has 4 unspecified atom stereocenters. The average molecular weight is 270 g/mol. The maximum atomic E-state index is 12.1. The summed E-state index contributed by atoms with van der Waals surface area (Å²) in [5.41, 5.74) is 6.07.